The number of likely N-dealkylation sites (N-methyl/N-ethyl adjacent to an activating group) is 1. The highest BCUT2D eigenvalue weighted by Crippen LogP contribution is 2.24. The number of aliphatic hydroxyl groups excluding tert-OH is 1. The summed E-state index contributed by atoms with van der Waals surface area (Å²) in [7, 11) is 1.52. The van der Waals surface area contributed by atoms with Gasteiger partial charge in [0, 0.05) is 7.05 Å². The molecule has 0 unspecified atom stereocenters. The monoisotopic (exact) mass is 354 g/mol. The lowest BCUT2D eigenvalue weighted by Gasteiger charge is -2.16. The van der Waals surface area contributed by atoms with Crippen LogP contribution >= 0.6 is 0 Å². The number of benzene rings is 2. The van der Waals surface area contributed by atoms with Crippen molar-refractivity contribution in [3.05, 3.63) is 71.2 Å². The maximum absolute atomic E-state index is 13.1. The van der Waals surface area contributed by atoms with Gasteiger partial charge >= 0.3 is 0 Å². The number of amides is 2. The summed E-state index contributed by atoms with van der Waals surface area (Å²) in [6.45, 7) is 1.90. The number of hydrogen-bond acceptors (Lipinski definition) is 3. The van der Waals surface area contributed by atoms with Gasteiger partial charge in [0.15, 0.2) is 5.76 Å². The van der Waals surface area contributed by atoms with Crippen LogP contribution in [0.4, 0.5) is 4.39 Å². The predicted octanol–water partition coefficient (Wildman–Crippen LogP) is 2.95. The van der Waals surface area contributed by atoms with Crippen LogP contribution in [0.3, 0.4) is 0 Å². The van der Waals surface area contributed by atoms with E-state index in [0.717, 1.165) is 16.7 Å². The van der Waals surface area contributed by atoms with Crippen molar-refractivity contribution in [3.8, 4) is 11.1 Å². The van der Waals surface area contributed by atoms with Gasteiger partial charge in [-0.15, -0.1) is 0 Å². The number of halogens is 1. The molecule has 1 atom stereocenters. The van der Waals surface area contributed by atoms with E-state index in [1.54, 1.807) is 12.1 Å². The first-order chi connectivity index (χ1) is 12.4. The second-order valence-electron chi connectivity index (χ2n) is 6.32. The van der Waals surface area contributed by atoms with Gasteiger partial charge in [0.2, 0.25) is 0 Å². The first-order valence-electron chi connectivity index (χ1n) is 8.21. The Balaban J connectivity index is 1.77. The smallest absolute Gasteiger partial charge is 0.289 e. The highest BCUT2D eigenvalue weighted by molar-refractivity contribution is 6.06. The van der Waals surface area contributed by atoms with Gasteiger partial charge < -0.3 is 15.3 Å². The van der Waals surface area contributed by atoms with Crippen molar-refractivity contribution in [1.29, 1.82) is 0 Å². The third-order valence-electron chi connectivity index (χ3n) is 4.42. The van der Waals surface area contributed by atoms with E-state index in [4.69, 9.17) is 0 Å². The summed E-state index contributed by atoms with van der Waals surface area (Å²) in [5.74, 6) is -1.83. The first kappa shape index (κ1) is 17.7. The van der Waals surface area contributed by atoms with Gasteiger partial charge in [0.05, 0.1) is 18.2 Å². The minimum atomic E-state index is -0.555. The number of hydrogen-bond donors (Lipinski definition) is 2. The highest BCUT2D eigenvalue weighted by Gasteiger charge is 2.32. The maximum atomic E-state index is 13.1. The molecule has 26 heavy (non-hydrogen) atoms. The molecule has 2 aromatic carbocycles. The Morgan fingerprint density at radius 2 is 1.88 bits per heavy atom. The third-order valence-corrected chi connectivity index (χ3v) is 4.42. The lowest BCUT2D eigenvalue weighted by atomic mass is 10.00. The molecule has 6 heteroatoms. The molecule has 0 spiro atoms. The molecule has 0 aromatic heterocycles. The molecule has 0 saturated carbocycles. The molecule has 3 rings (SSSR count). The molecular weight excluding hydrogens is 335 g/mol. The molecule has 1 aliphatic rings. The number of carbonyl (C=O) groups excluding carboxylic acids is 2. The van der Waals surface area contributed by atoms with Crippen molar-refractivity contribution in [2.75, 3.05) is 13.6 Å². The van der Waals surface area contributed by atoms with E-state index in [1.807, 2.05) is 31.2 Å². The average molecular weight is 354 g/mol. The fourth-order valence-corrected chi connectivity index (χ4v) is 2.87. The number of rotatable bonds is 4. The molecule has 2 amide bonds. The summed E-state index contributed by atoms with van der Waals surface area (Å²) >= 11 is 0. The second kappa shape index (κ2) is 7.00. The zero-order chi connectivity index (χ0) is 18.8. The molecule has 2 N–H and O–H groups in total. The van der Waals surface area contributed by atoms with Crippen LogP contribution in [0.15, 0.2) is 59.9 Å². The Kier molecular flexibility index (Phi) is 4.75. The molecule has 0 saturated heterocycles. The predicted molar refractivity (Wildman–Crippen MR) is 95.7 cm³/mol. The average Bonchev–Trinajstić information content (AvgIpc) is 2.90. The summed E-state index contributed by atoms with van der Waals surface area (Å²) in [5.41, 5.74) is 2.70. The summed E-state index contributed by atoms with van der Waals surface area (Å²) in [4.78, 5) is 25.3. The Labute approximate surface area is 150 Å². The molecule has 1 heterocycles. The minimum absolute atomic E-state index is 0.0686. The Hall–Kier alpha value is -3.15. The fourth-order valence-electron chi connectivity index (χ4n) is 2.87. The molecule has 5 nitrogen and oxygen atoms in total. The highest BCUT2D eigenvalue weighted by atomic mass is 19.1. The van der Waals surface area contributed by atoms with E-state index in [9.17, 15) is 19.1 Å². The number of nitrogens with one attached hydrogen (secondary N) is 1. The van der Waals surface area contributed by atoms with E-state index in [0.29, 0.717) is 0 Å². The van der Waals surface area contributed by atoms with Gasteiger partial charge in [-0.25, -0.2) is 4.39 Å². The van der Waals surface area contributed by atoms with Gasteiger partial charge in [-0.1, -0.05) is 30.3 Å². The van der Waals surface area contributed by atoms with Crippen molar-refractivity contribution in [1.82, 2.24) is 10.2 Å². The molecular formula is C20H19FN2O3. The molecule has 0 bridgehead atoms. The molecule has 134 valence electrons. The summed E-state index contributed by atoms with van der Waals surface area (Å²) < 4.78 is 13.1. The van der Waals surface area contributed by atoms with Crippen molar-refractivity contribution >= 4 is 11.8 Å². The van der Waals surface area contributed by atoms with E-state index in [1.165, 1.54) is 24.1 Å². The molecule has 0 fully saturated rings. The van der Waals surface area contributed by atoms with Gasteiger partial charge in [-0.2, -0.15) is 0 Å². The molecule has 1 aliphatic heterocycles. The van der Waals surface area contributed by atoms with Gasteiger partial charge in [-0.3, -0.25) is 9.59 Å². The van der Waals surface area contributed by atoms with Gasteiger partial charge in [0.25, 0.3) is 11.8 Å². The van der Waals surface area contributed by atoms with Crippen LogP contribution in [-0.4, -0.2) is 35.4 Å². The topological polar surface area (TPSA) is 69.6 Å². The summed E-state index contributed by atoms with van der Waals surface area (Å²) in [6.07, 6.45) is 0. The van der Waals surface area contributed by atoms with Crippen LogP contribution in [0.1, 0.15) is 18.5 Å². The Morgan fingerprint density at radius 1 is 1.19 bits per heavy atom. The molecule has 2 aromatic rings. The number of nitrogens with zero attached hydrogens (tertiary/aromatic N) is 1. The summed E-state index contributed by atoms with van der Waals surface area (Å²) in [5, 5.41) is 12.6. The van der Waals surface area contributed by atoms with Crippen molar-refractivity contribution in [2.24, 2.45) is 0 Å². The maximum Gasteiger partial charge on any atom is 0.289 e. The van der Waals surface area contributed by atoms with E-state index >= 15 is 0 Å². The number of carbonyl (C=O) groups is 2. The van der Waals surface area contributed by atoms with E-state index in [-0.39, 0.29) is 24.0 Å². The zero-order valence-electron chi connectivity index (χ0n) is 14.5. The number of aliphatic hydroxyl groups is 1. The molecule has 0 aliphatic carbocycles. The Bertz CT molecular complexity index is 890. The minimum Gasteiger partial charge on any atom is -0.503 e. The van der Waals surface area contributed by atoms with Crippen LogP contribution in [0.5, 0.6) is 0 Å². The lowest BCUT2D eigenvalue weighted by Crippen LogP contribution is -2.30. The molecule has 0 radical (unpaired) electrons. The SMILES string of the molecule is C[C@H](NC(=O)C1=C(O)C(=O)N(C)C1)c1cccc(-c2ccc(F)cc2)c1. The van der Waals surface area contributed by atoms with Gasteiger partial charge in [0.1, 0.15) is 5.82 Å². The third kappa shape index (κ3) is 3.44. The fraction of sp³-hybridized carbons (Fsp3) is 0.200. The van der Waals surface area contributed by atoms with E-state index < -0.39 is 17.6 Å². The first-order valence-corrected chi connectivity index (χ1v) is 8.21. The Morgan fingerprint density at radius 3 is 2.50 bits per heavy atom. The van der Waals surface area contributed by atoms with Crippen LogP contribution < -0.4 is 5.32 Å². The standard InChI is InChI=1S/C20H19FN2O3/c1-12(22-19(25)17-11-23(2)20(26)18(17)24)14-4-3-5-15(10-14)13-6-8-16(21)9-7-13/h3-10,12,24H,11H2,1-2H3,(H,22,25)/t12-/m0/s1. The largest absolute Gasteiger partial charge is 0.503 e. The van der Waals surface area contributed by atoms with Crippen LogP contribution in [-0.2, 0) is 9.59 Å². The van der Waals surface area contributed by atoms with Crippen molar-refractivity contribution < 1.29 is 19.1 Å². The van der Waals surface area contributed by atoms with Gasteiger partial charge in [-0.05, 0) is 41.8 Å². The normalized spacial score (nSPS) is 15.3. The van der Waals surface area contributed by atoms with Crippen LogP contribution in [0.25, 0.3) is 11.1 Å². The lowest BCUT2D eigenvalue weighted by molar-refractivity contribution is -0.126. The van der Waals surface area contributed by atoms with Crippen LogP contribution in [0, 0.1) is 5.82 Å². The second-order valence-corrected chi connectivity index (χ2v) is 6.32. The van der Waals surface area contributed by atoms with Crippen molar-refractivity contribution in [2.45, 2.75) is 13.0 Å². The zero-order valence-corrected chi connectivity index (χ0v) is 14.5. The van der Waals surface area contributed by atoms with E-state index in [2.05, 4.69) is 5.32 Å². The summed E-state index contributed by atoms with van der Waals surface area (Å²) in [6, 6.07) is 13.4. The van der Waals surface area contributed by atoms with Crippen LogP contribution in [0.2, 0.25) is 0 Å². The van der Waals surface area contributed by atoms with Crippen molar-refractivity contribution in [3.63, 3.8) is 0 Å². The quantitative estimate of drug-likeness (QED) is 0.887.